The van der Waals surface area contributed by atoms with E-state index in [2.05, 4.69) is 0 Å². The molecule has 162 valence electrons. The molecule has 1 aliphatic rings. The molecule has 1 fully saturated rings. The third-order valence-electron chi connectivity index (χ3n) is 5.21. The largest absolute Gasteiger partial charge is 0.373 e. The molecule has 1 aliphatic heterocycles. The van der Waals surface area contributed by atoms with Crippen LogP contribution in [0, 0.1) is 5.82 Å². The predicted octanol–water partition coefficient (Wildman–Crippen LogP) is 2.73. The molecule has 1 amide bonds. The van der Waals surface area contributed by atoms with E-state index >= 15 is 0 Å². The molecular formula is C21H25FN2O5S. The van der Waals surface area contributed by atoms with Crippen LogP contribution in [-0.2, 0) is 26.2 Å². The van der Waals surface area contributed by atoms with Crippen molar-refractivity contribution < 1.29 is 27.5 Å². The summed E-state index contributed by atoms with van der Waals surface area (Å²) in [6, 6.07) is 13.9. The monoisotopic (exact) mass is 436 g/mol. The highest BCUT2D eigenvalue weighted by molar-refractivity contribution is 7.89. The summed E-state index contributed by atoms with van der Waals surface area (Å²) in [6.07, 6.45) is 1.02. The van der Waals surface area contributed by atoms with Gasteiger partial charge in [-0.25, -0.2) is 22.2 Å². The van der Waals surface area contributed by atoms with Crippen molar-refractivity contribution in [1.29, 1.82) is 0 Å². The van der Waals surface area contributed by atoms with Gasteiger partial charge in [-0.2, -0.15) is 0 Å². The topological polar surface area (TPSA) is 87.2 Å². The van der Waals surface area contributed by atoms with E-state index in [1.807, 2.05) is 0 Å². The fourth-order valence-electron chi connectivity index (χ4n) is 3.48. The minimum absolute atomic E-state index is 0.138. The molecule has 2 aromatic rings. The van der Waals surface area contributed by atoms with Gasteiger partial charge in [-0.05, 0) is 24.5 Å². The van der Waals surface area contributed by atoms with Gasteiger partial charge in [-0.3, -0.25) is 10.0 Å². The molecule has 1 saturated heterocycles. The Morgan fingerprint density at radius 1 is 1.13 bits per heavy atom. The quantitative estimate of drug-likeness (QED) is 0.371. The molecule has 1 heterocycles. The third kappa shape index (κ3) is 5.63. The maximum absolute atomic E-state index is 13.7. The number of piperidine rings is 1. The van der Waals surface area contributed by atoms with Gasteiger partial charge in [0.1, 0.15) is 5.82 Å². The summed E-state index contributed by atoms with van der Waals surface area (Å²) in [7, 11) is -3.73. The smallest absolute Gasteiger partial charge is 0.233 e. The van der Waals surface area contributed by atoms with Gasteiger partial charge in [0.25, 0.3) is 0 Å². The molecular weight excluding hydrogens is 411 g/mol. The van der Waals surface area contributed by atoms with Gasteiger partial charge in [-0.1, -0.05) is 48.5 Å². The van der Waals surface area contributed by atoms with Gasteiger partial charge in [0.05, 0.1) is 24.5 Å². The average molecular weight is 437 g/mol. The lowest BCUT2D eigenvalue weighted by molar-refractivity contribution is -0.159. The normalized spacial score (nSPS) is 16.9. The maximum Gasteiger partial charge on any atom is 0.233 e. The number of rotatable bonds is 9. The first-order chi connectivity index (χ1) is 14.4. The highest BCUT2D eigenvalue weighted by Gasteiger charge is 2.33. The second-order valence-corrected chi connectivity index (χ2v) is 9.20. The molecule has 0 spiro atoms. The van der Waals surface area contributed by atoms with Gasteiger partial charge < -0.3 is 4.74 Å². The van der Waals surface area contributed by atoms with E-state index in [0.717, 1.165) is 0 Å². The van der Waals surface area contributed by atoms with Crippen molar-refractivity contribution in [3.05, 3.63) is 71.5 Å². The van der Waals surface area contributed by atoms with Gasteiger partial charge in [0, 0.05) is 18.7 Å². The molecule has 7 nitrogen and oxygen atoms in total. The molecule has 0 bridgehead atoms. The molecule has 30 heavy (non-hydrogen) atoms. The van der Waals surface area contributed by atoms with E-state index in [1.54, 1.807) is 48.5 Å². The predicted molar refractivity (Wildman–Crippen MR) is 108 cm³/mol. The summed E-state index contributed by atoms with van der Waals surface area (Å²) in [6.45, 7) is 0.662. The Morgan fingerprint density at radius 3 is 2.40 bits per heavy atom. The van der Waals surface area contributed by atoms with E-state index in [0.29, 0.717) is 29.0 Å². The van der Waals surface area contributed by atoms with Gasteiger partial charge >= 0.3 is 0 Å². The number of nitrogens with zero attached hydrogens (tertiary/aromatic N) is 2. The highest BCUT2D eigenvalue weighted by atomic mass is 32.2. The first-order valence-corrected chi connectivity index (χ1v) is 11.3. The highest BCUT2D eigenvalue weighted by Crippen LogP contribution is 2.24. The van der Waals surface area contributed by atoms with E-state index in [9.17, 15) is 22.8 Å². The lowest BCUT2D eigenvalue weighted by atomic mass is 10.1. The summed E-state index contributed by atoms with van der Waals surface area (Å²) < 4.78 is 46.6. The minimum atomic E-state index is -3.73. The number of hydrogen-bond acceptors (Lipinski definition) is 5. The van der Waals surface area contributed by atoms with Crippen LogP contribution in [0.15, 0.2) is 54.6 Å². The second-order valence-electron chi connectivity index (χ2n) is 7.19. The van der Waals surface area contributed by atoms with E-state index < -0.39 is 21.8 Å². The summed E-state index contributed by atoms with van der Waals surface area (Å²) in [4.78, 5) is 11.1. The first kappa shape index (κ1) is 22.4. The van der Waals surface area contributed by atoms with Gasteiger partial charge in [0.15, 0.2) is 0 Å². The van der Waals surface area contributed by atoms with Crippen LogP contribution in [0.3, 0.4) is 0 Å². The van der Waals surface area contributed by atoms with Crippen LogP contribution < -0.4 is 0 Å². The Bertz CT molecular complexity index is 933. The molecule has 1 atom stereocenters. The summed E-state index contributed by atoms with van der Waals surface area (Å²) >= 11 is 0. The lowest BCUT2D eigenvalue weighted by Gasteiger charge is -2.33. The van der Waals surface area contributed by atoms with Gasteiger partial charge in [-0.15, -0.1) is 0 Å². The molecule has 0 saturated carbocycles. The van der Waals surface area contributed by atoms with E-state index in [1.165, 1.54) is 10.4 Å². The van der Waals surface area contributed by atoms with Crippen LogP contribution in [0.5, 0.6) is 0 Å². The zero-order valence-corrected chi connectivity index (χ0v) is 17.2. The molecule has 1 unspecified atom stereocenters. The van der Waals surface area contributed by atoms with Crippen LogP contribution in [0.25, 0.3) is 0 Å². The summed E-state index contributed by atoms with van der Waals surface area (Å²) in [5, 5.41) is 10.3. The number of amides is 1. The third-order valence-corrected chi connectivity index (χ3v) is 7.10. The molecule has 1 N–H and O–H groups in total. The Labute approximate surface area is 175 Å². The fourth-order valence-corrected chi connectivity index (χ4v) is 5.20. The van der Waals surface area contributed by atoms with Crippen molar-refractivity contribution in [2.75, 3.05) is 18.8 Å². The Balaban J connectivity index is 1.58. The zero-order chi connectivity index (χ0) is 21.6. The maximum atomic E-state index is 13.7. The Hall–Kier alpha value is -2.33. The molecule has 0 aromatic heterocycles. The molecule has 0 radical (unpaired) electrons. The van der Waals surface area contributed by atoms with Crippen LogP contribution in [-0.4, -0.2) is 54.3 Å². The van der Waals surface area contributed by atoms with Gasteiger partial charge in [0.2, 0.25) is 16.4 Å². The van der Waals surface area contributed by atoms with Crippen molar-refractivity contribution in [3.8, 4) is 0 Å². The number of hydrogen-bond donors (Lipinski definition) is 1. The molecule has 9 heteroatoms. The van der Waals surface area contributed by atoms with E-state index in [4.69, 9.17) is 4.74 Å². The number of hydroxylamine groups is 2. The number of ether oxygens (including phenoxy) is 1. The fraction of sp³-hybridized carbons (Fsp3) is 0.381. The standard InChI is InChI=1S/C21H25FN2O5S/c22-20-9-5-4-8-18(20)14-29-19-10-12-23(13-11-19)30(27,28)15-21(24(26)16-25)17-6-2-1-3-7-17/h1-9,16,19,21,26H,10-15H2. The zero-order valence-electron chi connectivity index (χ0n) is 16.4. The Morgan fingerprint density at radius 2 is 1.77 bits per heavy atom. The van der Waals surface area contributed by atoms with E-state index in [-0.39, 0.29) is 38.0 Å². The average Bonchev–Trinajstić information content (AvgIpc) is 2.77. The number of halogens is 1. The molecule has 2 aromatic carbocycles. The number of benzene rings is 2. The van der Waals surface area contributed by atoms with Crippen molar-refractivity contribution in [3.63, 3.8) is 0 Å². The Kier molecular flexibility index (Phi) is 7.54. The van der Waals surface area contributed by atoms with Crippen molar-refractivity contribution >= 4 is 16.4 Å². The number of carbonyl (C=O) groups excluding carboxylic acids is 1. The van der Waals surface area contributed by atoms with Crippen molar-refractivity contribution in [2.24, 2.45) is 0 Å². The first-order valence-electron chi connectivity index (χ1n) is 9.71. The minimum Gasteiger partial charge on any atom is -0.373 e. The SMILES string of the molecule is O=CN(O)C(CS(=O)(=O)N1CCC(OCc2ccccc2F)CC1)c1ccccc1. The van der Waals surface area contributed by atoms with Crippen LogP contribution in [0.2, 0.25) is 0 Å². The van der Waals surface area contributed by atoms with Crippen molar-refractivity contribution in [2.45, 2.75) is 31.6 Å². The van der Waals surface area contributed by atoms with Crippen LogP contribution in [0.4, 0.5) is 4.39 Å². The number of sulfonamides is 1. The van der Waals surface area contributed by atoms with Crippen LogP contribution >= 0.6 is 0 Å². The molecule has 3 rings (SSSR count). The lowest BCUT2D eigenvalue weighted by Crippen LogP contribution is -2.44. The molecule has 0 aliphatic carbocycles. The summed E-state index contributed by atoms with van der Waals surface area (Å²) in [5.41, 5.74) is 0.994. The second kappa shape index (κ2) is 10.1. The van der Waals surface area contributed by atoms with Crippen molar-refractivity contribution in [1.82, 2.24) is 9.37 Å². The number of carbonyl (C=O) groups is 1. The summed E-state index contributed by atoms with van der Waals surface area (Å²) in [5.74, 6) is -0.749. The van der Waals surface area contributed by atoms with Crippen LogP contribution in [0.1, 0.15) is 30.0 Å².